The molecule has 1 aromatic heterocycles. The van der Waals surface area contributed by atoms with Crippen molar-refractivity contribution >= 4 is 11.9 Å². The molecule has 1 amide bonds. The van der Waals surface area contributed by atoms with E-state index in [9.17, 15) is 9.59 Å². The molecule has 1 atom stereocenters. The maximum absolute atomic E-state index is 11.6. The minimum Gasteiger partial charge on any atom is -0.481 e. The van der Waals surface area contributed by atoms with Gasteiger partial charge in [0.15, 0.2) is 0 Å². The Kier molecular flexibility index (Phi) is 5.84. The number of carbonyl (C=O) groups is 2. The van der Waals surface area contributed by atoms with Crippen LogP contribution in [0.25, 0.3) is 0 Å². The van der Waals surface area contributed by atoms with Gasteiger partial charge in [-0.1, -0.05) is 6.07 Å². The van der Waals surface area contributed by atoms with Gasteiger partial charge in [0.25, 0.3) is 0 Å². The van der Waals surface area contributed by atoms with Crippen LogP contribution < -0.4 is 5.32 Å². The summed E-state index contributed by atoms with van der Waals surface area (Å²) in [5.74, 6) is -0.893. The lowest BCUT2D eigenvalue weighted by Gasteiger charge is -2.12. The number of carbonyl (C=O) groups excluding carboxylic acids is 1. The number of amides is 1. The first-order valence-electron chi connectivity index (χ1n) is 6.01. The van der Waals surface area contributed by atoms with Crippen molar-refractivity contribution in [2.45, 2.75) is 38.6 Å². The summed E-state index contributed by atoms with van der Waals surface area (Å²) in [7, 11) is 0. The molecule has 0 radical (unpaired) electrons. The maximum atomic E-state index is 11.6. The molecule has 0 aliphatic rings. The Labute approximate surface area is 106 Å². The normalized spacial score (nSPS) is 11.8. The summed E-state index contributed by atoms with van der Waals surface area (Å²) in [6.45, 7) is 1.87. The number of nitrogens with zero attached hydrogens (tertiary/aromatic N) is 1. The highest BCUT2D eigenvalue weighted by Gasteiger charge is 2.09. The molecule has 0 aliphatic heterocycles. The first kappa shape index (κ1) is 14.2. The molecule has 0 aliphatic carbocycles. The van der Waals surface area contributed by atoms with E-state index >= 15 is 0 Å². The Morgan fingerprint density at radius 3 is 2.67 bits per heavy atom. The van der Waals surface area contributed by atoms with Gasteiger partial charge < -0.3 is 10.4 Å². The molecule has 5 heteroatoms. The number of aromatic nitrogens is 1. The lowest BCUT2D eigenvalue weighted by Crippen LogP contribution is -2.26. The van der Waals surface area contributed by atoms with Crippen LogP contribution in [0.5, 0.6) is 0 Å². The number of hydrogen-bond acceptors (Lipinski definition) is 3. The van der Waals surface area contributed by atoms with Crippen LogP contribution in [-0.2, 0) is 9.59 Å². The molecule has 1 heterocycles. The average molecular weight is 250 g/mol. The van der Waals surface area contributed by atoms with Crippen LogP contribution >= 0.6 is 0 Å². The average Bonchev–Trinajstić information content (AvgIpc) is 2.35. The van der Waals surface area contributed by atoms with Gasteiger partial charge in [-0.25, -0.2) is 0 Å². The van der Waals surface area contributed by atoms with Gasteiger partial charge in [-0.2, -0.15) is 0 Å². The van der Waals surface area contributed by atoms with Crippen molar-refractivity contribution in [2.75, 3.05) is 0 Å². The van der Waals surface area contributed by atoms with Gasteiger partial charge in [0, 0.05) is 19.0 Å². The number of pyridine rings is 1. The topological polar surface area (TPSA) is 79.3 Å². The van der Waals surface area contributed by atoms with Crippen LogP contribution in [-0.4, -0.2) is 22.0 Å². The van der Waals surface area contributed by atoms with Crippen molar-refractivity contribution in [2.24, 2.45) is 0 Å². The highest BCUT2D eigenvalue weighted by atomic mass is 16.4. The van der Waals surface area contributed by atoms with Gasteiger partial charge in [0.05, 0.1) is 11.7 Å². The van der Waals surface area contributed by atoms with Crippen molar-refractivity contribution in [3.05, 3.63) is 30.1 Å². The van der Waals surface area contributed by atoms with Crippen LogP contribution in [0.4, 0.5) is 0 Å². The molecule has 0 spiro atoms. The van der Waals surface area contributed by atoms with E-state index in [0.29, 0.717) is 19.3 Å². The standard InChI is InChI=1S/C13H18N2O3/c1-10(11-6-4-5-9-14-11)15-12(16)7-2-3-8-13(17)18/h4-6,9-10H,2-3,7-8H2,1H3,(H,15,16)(H,17,18). The highest BCUT2D eigenvalue weighted by Crippen LogP contribution is 2.08. The van der Waals surface area contributed by atoms with E-state index in [1.54, 1.807) is 6.20 Å². The molecule has 5 nitrogen and oxygen atoms in total. The number of carboxylic acids is 1. The number of hydrogen-bond donors (Lipinski definition) is 2. The predicted molar refractivity (Wildman–Crippen MR) is 66.9 cm³/mol. The molecule has 0 saturated heterocycles. The number of nitrogens with one attached hydrogen (secondary N) is 1. The molecular formula is C13H18N2O3. The van der Waals surface area contributed by atoms with E-state index in [4.69, 9.17) is 5.11 Å². The van der Waals surface area contributed by atoms with E-state index in [0.717, 1.165) is 5.69 Å². The Morgan fingerprint density at radius 2 is 2.06 bits per heavy atom. The van der Waals surface area contributed by atoms with Gasteiger partial charge >= 0.3 is 5.97 Å². The Morgan fingerprint density at radius 1 is 1.33 bits per heavy atom. The second-order valence-electron chi connectivity index (χ2n) is 4.14. The fourth-order valence-corrected chi connectivity index (χ4v) is 1.58. The predicted octanol–water partition coefficient (Wildman–Crippen LogP) is 1.90. The van der Waals surface area contributed by atoms with Crippen molar-refractivity contribution in [1.82, 2.24) is 10.3 Å². The molecular weight excluding hydrogens is 232 g/mol. The maximum Gasteiger partial charge on any atom is 0.303 e. The molecule has 1 unspecified atom stereocenters. The van der Waals surface area contributed by atoms with Crippen molar-refractivity contribution in [3.8, 4) is 0 Å². The van der Waals surface area contributed by atoms with Crippen LogP contribution in [0.1, 0.15) is 44.3 Å². The first-order chi connectivity index (χ1) is 8.59. The second kappa shape index (κ2) is 7.42. The summed E-state index contributed by atoms with van der Waals surface area (Å²) in [6.07, 6.45) is 3.27. The van der Waals surface area contributed by atoms with E-state index < -0.39 is 5.97 Å². The summed E-state index contributed by atoms with van der Waals surface area (Å²) in [6, 6.07) is 5.43. The summed E-state index contributed by atoms with van der Waals surface area (Å²) in [5.41, 5.74) is 0.816. The van der Waals surface area contributed by atoms with Crippen molar-refractivity contribution in [3.63, 3.8) is 0 Å². The number of carboxylic acid groups (broad SMARTS) is 1. The Balaban J connectivity index is 2.26. The SMILES string of the molecule is CC(NC(=O)CCCCC(=O)O)c1ccccn1. The van der Waals surface area contributed by atoms with Gasteiger partial charge in [0.1, 0.15) is 0 Å². The molecule has 0 bridgehead atoms. The van der Waals surface area contributed by atoms with Crippen LogP contribution in [0.3, 0.4) is 0 Å². The summed E-state index contributed by atoms with van der Waals surface area (Å²) < 4.78 is 0. The lowest BCUT2D eigenvalue weighted by molar-refractivity contribution is -0.137. The molecule has 2 N–H and O–H groups in total. The molecule has 1 aromatic rings. The van der Waals surface area contributed by atoms with Gasteiger partial charge in [-0.15, -0.1) is 0 Å². The van der Waals surface area contributed by atoms with Gasteiger partial charge in [0.2, 0.25) is 5.91 Å². The first-order valence-corrected chi connectivity index (χ1v) is 6.01. The number of unbranched alkanes of at least 4 members (excludes halogenated alkanes) is 1. The van der Waals surface area contributed by atoms with Crippen LogP contribution in [0.15, 0.2) is 24.4 Å². The fraction of sp³-hybridized carbons (Fsp3) is 0.462. The summed E-state index contributed by atoms with van der Waals surface area (Å²) in [4.78, 5) is 26.0. The third kappa shape index (κ3) is 5.43. The van der Waals surface area contributed by atoms with E-state index in [1.165, 1.54) is 0 Å². The molecule has 98 valence electrons. The Hall–Kier alpha value is -1.91. The zero-order valence-corrected chi connectivity index (χ0v) is 10.4. The monoisotopic (exact) mass is 250 g/mol. The van der Waals surface area contributed by atoms with E-state index in [1.807, 2.05) is 25.1 Å². The molecule has 0 saturated carbocycles. The third-order valence-corrected chi connectivity index (χ3v) is 2.55. The Bertz CT molecular complexity index is 392. The minimum absolute atomic E-state index is 0.0708. The molecule has 0 aromatic carbocycles. The van der Waals surface area contributed by atoms with E-state index in [-0.39, 0.29) is 18.4 Å². The fourth-order valence-electron chi connectivity index (χ4n) is 1.58. The molecule has 0 fully saturated rings. The largest absolute Gasteiger partial charge is 0.481 e. The van der Waals surface area contributed by atoms with Crippen molar-refractivity contribution < 1.29 is 14.7 Å². The lowest BCUT2D eigenvalue weighted by atomic mass is 10.1. The zero-order chi connectivity index (χ0) is 13.4. The van der Waals surface area contributed by atoms with E-state index in [2.05, 4.69) is 10.3 Å². The second-order valence-corrected chi connectivity index (χ2v) is 4.14. The number of rotatable bonds is 7. The van der Waals surface area contributed by atoms with Gasteiger partial charge in [-0.3, -0.25) is 14.6 Å². The summed E-state index contributed by atoms with van der Waals surface area (Å²) in [5, 5.41) is 11.3. The summed E-state index contributed by atoms with van der Waals surface area (Å²) >= 11 is 0. The van der Waals surface area contributed by atoms with Crippen LogP contribution in [0.2, 0.25) is 0 Å². The number of aliphatic carboxylic acids is 1. The third-order valence-electron chi connectivity index (χ3n) is 2.55. The molecule has 1 rings (SSSR count). The van der Waals surface area contributed by atoms with Crippen LogP contribution in [0, 0.1) is 0 Å². The van der Waals surface area contributed by atoms with Crippen molar-refractivity contribution in [1.29, 1.82) is 0 Å². The minimum atomic E-state index is -0.822. The quantitative estimate of drug-likeness (QED) is 0.724. The molecule has 18 heavy (non-hydrogen) atoms. The highest BCUT2D eigenvalue weighted by molar-refractivity contribution is 5.76. The smallest absolute Gasteiger partial charge is 0.303 e. The zero-order valence-electron chi connectivity index (χ0n) is 10.4. The van der Waals surface area contributed by atoms with Gasteiger partial charge in [-0.05, 0) is 31.9 Å².